The number of hydrogen-bond acceptors (Lipinski definition) is 3. The first-order valence-electron chi connectivity index (χ1n) is 4.46. The highest BCUT2D eigenvalue weighted by Gasteiger charge is 2.03. The highest BCUT2D eigenvalue weighted by Crippen LogP contribution is 1.89. The maximum Gasteiger partial charge on any atom is 0.312 e. The van der Waals surface area contributed by atoms with E-state index < -0.39 is 6.03 Å². The van der Waals surface area contributed by atoms with Gasteiger partial charge in [-0.3, -0.25) is 0 Å². The molecule has 0 saturated carbocycles. The zero-order valence-corrected chi connectivity index (χ0v) is 8.30. The Hall–Kier alpha value is -0.810. The third-order valence-corrected chi connectivity index (χ3v) is 1.72. The van der Waals surface area contributed by atoms with Crippen LogP contribution in [-0.2, 0) is 4.74 Å². The van der Waals surface area contributed by atoms with Crippen molar-refractivity contribution in [2.24, 2.45) is 5.73 Å². The fourth-order valence-corrected chi connectivity index (χ4v) is 0.984. The number of primary amides is 1. The lowest BCUT2D eigenvalue weighted by atomic mass is 10.2. The van der Waals surface area contributed by atoms with Crippen molar-refractivity contribution >= 4 is 6.03 Å². The van der Waals surface area contributed by atoms with Crippen LogP contribution in [0.15, 0.2) is 0 Å². The van der Waals surface area contributed by atoms with Crippen molar-refractivity contribution in [2.75, 3.05) is 26.8 Å². The summed E-state index contributed by atoms with van der Waals surface area (Å²) in [6.07, 6.45) is 1.00. The second-order valence-electron chi connectivity index (χ2n) is 2.81. The summed E-state index contributed by atoms with van der Waals surface area (Å²) in [6.45, 7) is 4.03. The molecule has 5 heteroatoms. The Bertz CT molecular complexity index is 141. The number of carbonyl (C=O) groups excluding carboxylic acids is 1. The van der Waals surface area contributed by atoms with Crippen LogP contribution in [0, 0.1) is 0 Å². The van der Waals surface area contributed by atoms with E-state index in [1.807, 2.05) is 0 Å². The van der Waals surface area contributed by atoms with Gasteiger partial charge in [0.1, 0.15) is 0 Å². The Morgan fingerprint density at radius 1 is 1.54 bits per heavy atom. The van der Waals surface area contributed by atoms with Crippen LogP contribution in [0.5, 0.6) is 0 Å². The zero-order valence-electron chi connectivity index (χ0n) is 8.30. The predicted molar refractivity (Wildman–Crippen MR) is 51.5 cm³/mol. The van der Waals surface area contributed by atoms with Gasteiger partial charge >= 0.3 is 6.03 Å². The van der Waals surface area contributed by atoms with Crippen molar-refractivity contribution in [1.29, 1.82) is 0 Å². The number of hydrogen-bond donors (Lipinski definition) is 3. The normalized spacial score (nSPS) is 12.5. The number of methoxy groups -OCH3 is 1. The van der Waals surface area contributed by atoms with Crippen LogP contribution < -0.4 is 16.4 Å². The smallest absolute Gasteiger partial charge is 0.312 e. The Morgan fingerprint density at radius 2 is 2.23 bits per heavy atom. The molecule has 0 bridgehead atoms. The largest absolute Gasteiger partial charge is 0.383 e. The SMILES string of the molecule is CCC(COC)NCCNC(N)=O. The number of carbonyl (C=O) groups is 1. The Labute approximate surface area is 79.0 Å². The minimum atomic E-state index is -0.485. The summed E-state index contributed by atoms with van der Waals surface area (Å²) in [7, 11) is 1.67. The van der Waals surface area contributed by atoms with Crippen LogP contribution >= 0.6 is 0 Å². The van der Waals surface area contributed by atoms with Crippen molar-refractivity contribution in [1.82, 2.24) is 10.6 Å². The van der Waals surface area contributed by atoms with Crippen LogP contribution in [0.25, 0.3) is 0 Å². The van der Waals surface area contributed by atoms with Crippen LogP contribution in [0.1, 0.15) is 13.3 Å². The first kappa shape index (κ1) is 12.2. The summed E-state index contributed by atoms with van der Waals surface area (Å²) in [5.74, 6) is 0. The third-order valence-electron chi connectivity index (χ3n) is 1.72. The highest BCUT2D eigenvalue weighted by molar-refractivity contribution is 5.71. The quantitative estimate of drug-likeness (QED) is 0.480. The molecule has 0 radical (unpaired) electrons. The average molecular weight is 189 g/mol. The summed E-state index contributed by atoms with van der Waals surface area (Å²) in [5.41, 5.74) is 4.90. The topological polar surface area (TPSA) is 76.4 Å². The molecule has 0 aliphatic rings. The van der Waals surface area contributed by atoms with E-state index in [4.69, 9.17) is 10.5 Å². The highest BCUT2D eigenvalue weighted by atomic mass is 16.5. The molecule has 1 unspecified atom stereocenters. The van der Waals surface area contributed by atoms with Gasteiger partial charge in [0.15, 0.2) is 0 Å². The number of amides is 2. The number of urea groups is 1. The van der Waals surface area contributed by atoms with E-state index in [0.29, 0.717) is 25.7 Å². The maximum absolute atomic E-state index is 10.3. The van der Waals surface area contributed by atoms with Crippen molar-refractivity contribution in [3.05, 3.63) is 0 Å². The fraction of sp³-hybridized carbons (Fsp3) is 0.875. The number of nitrogens with two attached hydrogens (primary N) is 1. The Balaban J connectivity index is 3.32. The van der Waals surface area contributed by atoms with E-state index in [9.17, 15) is 4.79 Å². The zero-order chi connectivity index (χ0) is 10.1. The van der Waals surface area contributed by atoms with E-state index in [0.717, 1.165) is 6.42 Å². The van der Waals surface area contributed by atoms with Crippen molar-refractivity contribution in [3.8, 4) is 0 Å². The molecule has 0 aromatic carbocycles. The molecule has 0 aliphatic heterocycles. The lowest BCUT2D eigenvalue weighted by Gasteiger charge is -2.15. The maximum atomic E-state index is 10.3. The van der Waals surface area contributed by atoms with Gasteiger partial charge in [0.2, 0.25) is 0 Å². The van der Waals surface area contributed by atoms with Crippen molar-refractivity contribution < 1.29 is 9.53 Å². The molecule has 5 nitrogen and oxygen atoms in total. The second kappa shape index (κ2) is 7.82. The molecule has 1 atom stereocenters. The van der Waals surface area contributed by atoms with Gasteiger partial charge in [0.05, 0.1) is 6.61 Å². The van der Waals surface area contributed by atoms with E-state index in [-0.39, 0.29) is 0 Å². The van der Waals surface area contributed by atoms with Gasteiger partial charge < -0.3 is 21.1 Å². The first-order valence-corrected chi connectivity index (χ1v) is 4.46. The molecule has 13 heavy (non-hydrogen) atoms. The molecule has 78 valence electrons. The summed E-state index contributed by atoms with van der Waals surface area (Å²) in [5, 5.41) is 5.73. The number of rotatable bonds is 7. The average Bonchev–Trinajstić information content (AvgIpc) is 2.10. The summed E-state index contributed by atoms with van der Waals surface area (Å²) >= 11 is 0. The Morgan fingerprint density at radius 3 is 2.69 bits per heavy atom. The minimum Gasteiger partial charge on any atom is -0.383 e. The molecule has 4 N–H and O–H groups in total. The summed E-state index contributed by atoms with van der Waals surface area (Å²) in [6, 6.07) is -0.138. The molecule has 0 aromatic rings. The molecule has 0 heterocycles. The van der Waals surface area contributed by atoms with Crippen LogP contribution in [0.3, 0.4) is 0 Å². The molecular weight excluding hydrogens is 170 g/mol. The van der Waals surface area contributed by atoms with Crippen LogP contribution in [0.2, 0.25) is 0 Å². The molecule has 0 fully saturated rings. The van der Waals surface area contributed by atoms with Gasteiger partial charge in [-0.15, -0.1) is 0 Å². The number of nitrogens with one attached hydrogen (secondary N) is 2. The van der Waals surface area contributed by atoms with Gasteiger partial charge in [-0.2, -0.15) is 0 Å². The molecule has 0 saturated heterocycles. The van der Waals surface area contributed by atoms with E-state index in [1.54, 1.807) is 7.11 Å². The van der Waals surface area contributed by atoms with Gasteiger partial charge in [-0.25, -0.2) is 4.79 Å². The van der Waals surface area contributed by atoms with Crippen molar-refractivity contribution in [3.63, 3.8) is 0 Å². The summed E-state index contributed by atoms with van der Waals surface area (Å²) < 4.78 is 5.00. The number of ether oxygens (including phenoxy) is 1. The van der Waals surface area contributed by atoms with Gasteiger partial charge in [0, 0.05) is 26.2 Å². The minimum absolute atomic E-state index is 0.347. The van der Waals surface area contributed by atoms with E-state index in [1.165, 1.54) is 0 Å². The molecular formula is C8H19N3O2. The first-order chi connectivity index (χ1) is 6.20. The lowest BCUT2D eigenvalue weighted by molar-refractivity contribution is 0.164. The fourth-order valence-electron chi connectivity index (χ4n) is 0.984. The molecule has 0 aromatic heterocycles. The van der Waals surface area contributed by atoms with Crippen LogP contribution in [-0.4, -0.2) is 38.9 Å². The monoisotopic (exact) mass is 189 g/mol. The molecule has 2 amide bonds. The molecule has 0 aliphatic carbocycles. The molecule has 0 spiro atoms. The van der Waals surface area contributed by atoms with Gasteiger partial charge in [-0.1, -0.05) is 6.92 Å². The Kier molecular flexibility index (Phi) is 7.33. The molecule has 0 rings (SSSR count). The van der Waals surface area contributed by atoms with E-state index in [2.05, 4.69) is 17.6 Å². The van der Waals surface area contributed by atoms with E-state index >= 15 is 0 Å². The predicted octanol–water partition coefficient (Wildman–Crippen LogP) is -0.331. The van der Waals surface area contributed by atoms with Crippen LogP contribution in [0.4, 0.5) is 4.79 Å². The summed E-state index contributed by atoms with van der Waals surface area (Å²) in [4.78, 5) is 10.3. The second-order valence-corrected chi connectivity index (χ2v) is 2.81. The van der Waals surface area contributed by atoms with Gasteiger partial charge in [-0.05, 0) is 6.42 Å². The third kappa shape index (κ3) is 7.55. The standard InChI is InChI=1S/C8H19N3O2/c1-3-7(6-13-2)10-4-5-11-8(9)12/h7,10H,3-6H2,1-2H3,(H3,9,11,12). The van der Waals surface area contributed by atoms with Crippen molar-refractivity contribution in [2.45, 2.75) is 19.4 Å². The van der Waals surface area contributed by atoms with Gasteiger partial charge in [0.25, 0.3) is 0 Å². The lowest BCUT2D eigenvalue weighted by Crippen LogP contribution is -2.40.